The molecule has 0 aliphatic carbocycles. The van der Waals surface area contributed by atoms with E-state index in [0.29, 0.717) is 4.88 Å². The first-order valence-electron chi connectivity index (χ1n) is 4.57. The van der Waals surface area contributed by atoms with Gasteiger partial charge in [0.25, 0.3) is 0 Å². The summed E-state index contributed by atoms with van der Waals surface area (Å²) in [6, 6.07) is 0. The van der Waals surface area contributed by atoms with Crippen LogP contribution in [-0.4, -0.2) is 29.7 Å². The van der Waals surface area contributed by atoms with Crippen LogP contribution < -0.4 is 15.7 Å². The molecule has 18 heavy (non-hydrogen) atoms. The fourth-order valence-corrected chi connectivity index (χ4v) is 1.74. The summed E-state index contributed by atoms with van der Waals surface area (Å²) in [6.45, 7) is 0.0528. The zero-order valence-electron chi connectivity index (χ0n) is 8.71. The van der Waals surface area contributed by atoms with E-state index in [1.807, 2.05) is 5.32 Å². The van der Waals surface area contributed by atoms with Gasteiger partial charge in [-0.15, -0.1) is 11.3 Å². The van der Waals surface area contributed by atoms with Crippen LogP contribution in [0.2, 0.25) is 0 Å². The van der Waals surface area contributed by atoms with Crippen molar-refractivity contribution < 1.29 is 27.9 Å². The average Bonchev–Trinajstić information content (AvgIpc) is 2.63. The molecule has 0 saturated carbocycles. The molecule has 0 atom stereocenters. The van der Waals surface area contributed by atoms with Crippen LogP contribution in [0.15, 0.2) is 6.20 Å². The molecule has 10 heteroatoms. The lowest BCUT2D eigenvalue weighted by molar-refractivity contribution is -0.250. The molecule has 0 unspecified atom stereocenters. The van der Waals surface area contributed by atoms with E-state index in [4.69, 9.17) is 0 Å². The van der Waals surface area contributed by atoms with Gasteiger partial charge in [-0.2, -0.15) is 13.2 Å². The van der Waals surface area contributed by atoms with Crippen LogP contribution in [0.5, 0.6) is 0 Å². The average molecular weight is 282 g/mol. The van der Waals surface area contributed by atoms with Gasteiger partial charge in [0.1, 0.15) is 6.09 Å². The lowest BCUT2D eigenvalue weighted by Crippen LogP contribution is -2.37. The number of nitrogens with zero attached hydrogens (tertiary/aromatic N) is 1. The molecule has 0 spiro atoms. The topological polar surface area (TPSA) is 94.2 Å². The van der Waals surface area contributed by atoms with Gasteiger partial charge in [-0.1, -0.05) is 0 Å². The third kappa shape index (κ3) is 4.57. The largest absolute Gasteiger partial charge is 0.530 e. The summed E-state index contributed by atoms with van der Waals surface area (Å²) in [5.74, 6) is -2.10. The monoisotopic (exact) mass is 282 g/mol. The number of nitrogens with one attached hydrogen (secondary N) is 2. The molecular weight excluding hydrogens is 275 g/mol. The first-order valence-corrected chi connectivity index (χ1v) is 5.38. The first-order chi connectivity index (χ1) is 8.29. The van der Waals surface area contributed by atoms with Crippen LogP contribution in [0.3, 0.4) is 0 Å². The van der Waals surface area contributed by atoms with E-state index in [1.54, 1.807) is 5.32 Å². The highest BCUT2D eigenvalue weighted by atomic mass is 32.1. The van der Waals surface area contributed by atoms with Crippen molar-refractivity contribution in [2.45, 2.75) is 12.6 Å². The maximum absolute atomic E-state index is 11.9. The number of alkyl halides is 3. The van der Waals surface area contributed by atoms with E-state index in [9.17, 15) is 27.9 Å². The van der Waals surface area contributed by atoms with Gasteiger partial charge >= 0.3 is 12.1 Å². The number of halogens is 3. The molecule has 6 nitrogen and oxygen atoms in total. The van der Waals surface area contributed by atoms with Crippen molar-refractivity contribution in [2.75, 3.05) is 11.9 Å². The van der Waals surface area contributed by atoms with Crippen LogP contribution in [-0.2, 0) is 11.2 Å². The summed E-state index contributed by atoms with van der Waals surface area (Å²) in [4.78, 5) is 24.7. The van der Waals surface area contributed by atoms with Crippen molar-refractivity contribution in [1.29, 1.82) is 0 Å². The summed E-state index contributed by atoms with van der Waals surface area (Å²) >= 11 is 0.833. The lowest BCUT2D eigenvalue weighted by atomic mass is 10.4. The van der Waals surface area contributed by atoms with Crippen molar-refractivity contribution in [1.82, 2.24) is 10.3 Å². The molecule has 2 N–H and O–H groups in total. The molecule has 1 heterocycles. The van der Waals surface area contributed by atoms with E-state index in [-0.39, 0.29) is 18.1 Å². The van der Waals surface area contributed by atoms with E-state index in [2.05, 4.69) is 4.98 Å². The second-order valence-corrected chi connectivity index (χ2v) is 4.16. The number of carboxylic acid groups (broad SMARTS) is 1. The van der Waals surface area contributed by atoms with Crippen LogP contribution in [0.1, 0.15) is 4.88 Å². The molecule has 0 aromatic carbocycles. The van der Waals surface area contributed by atoms with Gasteiger partial charge in [-0.25, -0.2) is 4.98 Å². The fraction of sp³-hybridized carbons (Fsp3) is 0.375. The number of anilines is 1. The Hall–Kier alpha value is -1.84. The van der Waals surface area contributed by atoms with Crippen molar-refractivity contribution in [3.05, 3.63) is 11.1 Å². The normalized spacial score (nSPS) is 11.1. The van der Waals surface area contributed by atoms with Crippen LogP contribution >= 0.6 is 11.3 Å². The SMILES string of the molecule is O=C([O-])NCCc1cnc(NC(=O)C(F)(F)F)s1. The van der Waals surface area contributed by atoms with Crippen molar-refractivity contribution >= 4 is 28.5 Å². The Kier molecular flexibility index (Phi) is 4.48. The van der Waals surface area contributed by atoms with Gasteiger partial charge in [0.05, 0.1) is 0 Å². The fourth-order valence-electron chi connectivity index (χ4n) is 0.937. The van der Waals surface area contributed by atoms with Crippen LogP contribution in [0.25, 0.3) is 0 Å². The Labute approximate surface area is 103 Å². The molecule has 0 aliphatic rings. The molecule has 0 aliphatic heterocycles. The minimum absolute atomic E-state index is 0.0528. The predicted octanol–water partition coefficient (Wildman–Crippen LogP) is 0.119. The van der Waals surface area contributed by atoms with Crippen LogP contribution in [0, 0.1) is 0 Å². The van der Waals surface area contributed by atoms with Crippen molar-refractivity contribution in [3.8, 4) is 0 Å². The Morgan fingerprint density at radius 1 is 1.44 bits per heavy atom. The van der Waals surface area contributed by atoms with E-state index >= 15 is 0 Å². The van der Waals surface area contributed by atoms with Gasteiger partial charge < -0.3 is 15.2 Å². The lowest BCUT2D eigenvalue weighted by Gasteiger charge is -2.04. The molecule has 2 amide bonds. The third-order valence-electron chi connectivity index (χ3n) is 1.67. The van der Waals surface area contributed by atoms with Crippen molar-refractivity contribution in [3.63, 3.8) is 0 Å². The molecule has 0 radical (unpaired) electrons. The summed E-state index contributed by atoms with van der Waals surface area (Å²) in [6.07, 6.45) is -4.91. The molecule has 100 valence electrons. The Balaban J connectivity index is 2.48. The highest BCUT2D eigenvalue weighted by Gasteiger charge is 2.39. The smallest absolute Gasteiger partial charge is 0.471 e. The highest BCUT2D eigenvalue weighted by molar-refractivity contribution is 7.15. The van der Waals surface area contributed by atoms with Gasteiger partial charge in [0.15, 0.2) is 5.13 Å². The summed E-state index contributed by atoms with van der Waals surface area (Å²) in [7, 11) is 0. The molecule has 1 aromatic heterocycles. The van der Waals surface area contributed by atoms with Crippen LogP contribution in [0.4, 0.5) is 23.1 Å². The molecule has 1 rings (SSSR count). The molecule has 0 bridgehead atoms. The number of carbonyl (C=O) groups excluding carboxylic acids is 2. The summed E-state index contributed by atoms with van der Waals surface area (Å²) in [5.41, 5.74) is 0. The second-order valence-electron chi connectivity index (χ2n) is 3.05. The molecule has 1 aromatic rings. The molecular formula is C8H7F3N3O3S-. The number of hydrogen-bond donors (Lipinski definition) is 2. The zero-order valence-corrected chi connectivity index (χ0v) is 9.52. The molecule has 0 saturated heterocycles. The third-order valence-corrected chi connectivity index (χ3v) is 2.64. The van der Waals surface area contributed by atoms with Gasteiger partial charge in [-0.3, -0.25) is 10.1 Å². The minimum atomic E-state index is -4.97. The van der Waals surface area contributed by atoms with E-state index in [1.165, 1.54) is 6.20 Å². The summed E-state index contributed by atoms with van der Waals surface area (Å²) < 4.78 is 35.7. The zero-order chi connectivity index (χ0) is 13.8. The Morgan fingerprint density at radius 2 is 2.11 bits per heavy atom. The molecule has 0 fully saturated rings. The number of thiazole rings is 1. The maximum atomic E-state index is 11.9. The quantitative estimate of drug-likeness (QED) is 0.820. The first kappa shape index (κ1) is 14.2. The Bertz CT molecular complexity index is 446. The maximum Gasteiger partial charge on any atom is 0.471 e. The number of amides is 2. The Morgan fingerprint density at radius 3 is 2.67 bits per heavy atom. The number of aromatic nitrogens is 1. The number of hydrogen-bond acceptors (Lipinski definition) is 5. The summed E-state index contributed by atoms with van der Waals surface area (Å²) in [5, 5.41) is 13.4. The second kappa shape index (κ2) is 5.67. The van der Waals surface area contributed by atoms with Gasteiger partial charge in [0, 0.05) is 24.0 Å². The number of carbonyl (C=O) groups is 2. The van der Waals surface area contributed by atoms with Crippen molar-refractivity contribution in [2.24, 2.45) is 0 Å². The number of rotatable bonds is 4. The van der Waals surface area contributed by atoms with Gasteiger partial charge in [-0.05, 0) is 0 Å². The highest BCUT2D eigenvalue weighted by Crippen LogP contribution is 2.22. The standard InChI is InChI=1S/C8H8F3N3O3S/c9-8(10,11)5(15)14-6-13-3-4(18-6)1-2-12-7(16)17/h3,12H,1-2H2,(H,16,17)(H,13,14,15)/p-1. The van der Waals surface area contributed by atoms with E-state index in [0.717, 1.165) is 11.3 Å². The minimum Gasteiger partial charge on any atom is -0.530 e. The predicted molar refractivity (Wildman–Crippen MR) is 53.9 cm³/mol. The van der Waals surface area contributed by atoms with Gasteiger partial charge in [0.2, 0.25) is 0 Å². The van der Waals surface area contributed by atoms with E-state index < -0.39 is 18.2 Å².